The van der Waals surface area contributed by atoms with E-state index in [1.807, 2.05) is 6.07 Å². The molecule has 2 rings (SSSR count). The monoisotopic (exact) mass is 248 g/mol. The Labute approximate surface area is 106 Å². The van der Waals surface area contributed by atoms with Crippen molar-refractivity contribution in [1.29, 1.82) is 0 Å². The number of aliphatic imine (C=N–C) groups is 1. The summed E-state index contributed by atoms with van der Waals surface area (Å²) in [5.74, 6) is -0.508. The topological polar surface area (TPSA) is 32.7 Å². The number of benzene rings is 1. The molecule has 0 aromatic heterocycles. The van der Waals surface area contributed by atoms with Crippen LogP contribution >= 0.6 is 0 Å². The predicted molar refractivity (Wildman–Crippen MR) is 69.6 cm³/mol. The SMILES string of the molecule is Cc1cc(C2CC2)cc(F)c1C(=O)N=CN(C)C. The van der Waals surface area contributed by atoms with Gasteiger partial charge in [0, 0.05) is 14.1 Å². The van der Waals surface area contributed by atoms with Crippen LogP contribution in [0.15, 0.2) is 17.1 Å². The van der Waals surface area contributed by atoms with Crippen molar-refractivity contribution in [3.8, 4) is 0 Å². The zero-order valence-corrected chi connectivity index (χ0v) is 10.9. The highest BCUT2D eigenvalue weighted by Crippen LogP contribution is 2.41. The smallest absolute Gasteiger partial charge is 0.281 e. The van der Waals surface area contributed by atoms with Gasteiger partial charge in [-0.15, -0.1) is 0 Å². The van der Waals surface area contributed by atoms with Crippen LogP contribution in [0.25, 0.3) is 0 Å². The molecule has 0 atom stereocenters. The summed E-state index contributed by atoms with van der Waals surface area (Å²) >= 11 is 0. The fourth-order valence-electron chi connectivity index (χ4n) is 1.93. The lowest BCUT2D eigenvalue weighted by Crippen LogP contribution is -2.11. The second kappa shape index (κ2) is 4.88. The second-order valence-corrected chi connectivity index (χ2v) is 4.98. The van der Waals surface area contributed by atoms with Crippen molar-refractivity contribution in [2.75, 3.05) is 14.1 Å². The number of hydrogen-bond donors (Lipinski definition) is 0. The van der Waals surface area contributed by atoms with Crippen LogP contribution < -0.4 is 0 Å². The second-order valence-electron chi connectivity index (χ2n) is 4.98. The van der Waals surface area contributed by atoms with Gasteiger partial charge in [0.15, 0.2) is 0 Å². The molecule has 18 heavy (non-hydrogen) atoms. The molecule has 0 radical (unpaired) electrons. The minimum absolute atomic E-state index is 0.0810. The summed E-state index contributed by atoms with van der Waals surface area (Å²) in [6.45, 7) is 1.76. The molecule has 0 aliphatic heterocycles. The standard InChI is InChI=1S/C14H17FN2O/c1-9-6-11(10-4-5-10)7-12(15)13(9)14(18)16-8-17(2)3/h6-8,10H,4-5H2,1-3H3. The third-order valence-electron chi connectivity index (χ3n) is 2.98. The van der Waals surface area contributed by atoms with E-state index in [0.717, 1.165) is 18.4 Å². The first-order valence-corrected chi connectivity index (χ1v) is 6.04. The van der Waals surface area contributed by atoms with Gasteiger partial charge >= 0.3 is 0 Å². The van der Waals surface area contributed by atoms with Crippen LogP contribution in [0.3, 0.4) is 0 Å². The molecule has 0 unspecified atom stereocenters. The largest absolute Gasteiger partial charge is 0.369 e. The Bertz CT molecular complexity index is 482. The first-order valence-electron chi connectivity index (χ1n) is 6.04. The molecule has 3 nitrogen and oxygen atoms in total. The van der Waals surface area contributed by atoms with E-state index in [2.05, 4.69) is 4.99 Å². The minimum atomic E-state index is -0.527. The van der Waals surface area contributed by atoms with Gasteiger partial charge in [0.2, 0.25) is 0 Å². The molecule has 1 saturated carbocycles. The van der Waals surface area contributed by atoms with Crippen LogP contribution in [0.2, 0.25) is 0 Å². The van der Waals surface area contributed by atoms with Crippen LogP contribution in [0, 0.1) is 12.7 Å². The van der Waals surface area contributed by atoms with E-state index >= 15 is 0 Å². The number of amides is 1. The molecule has 0 spiro atoms. The third kappa shape index (κ3) is 2.75. The van der Waals surface area contributed by atoms with Crippen molar-refractivity contribution in [2.45, 2.75) is 25.7 Å². The fraction of sp³-hybridized carbons (Fsp3) is 0.429. The first-order chi connectivity index (χ1) is 8.49. The van der Waals surface area contributed by atoms with Crippen LogP contribution in [0.5, 0.6) is 0 Å². The molecule has 1 aromatic carbocycles. The summed E-state index contributed by atoms with van der Waals surface area (Å²) < 4.78 is 14.0. The maximum absolute atomic E-state index is 14.0. The fourth-order valence-corrected chi connectivity index (χ4v) is 1.93. The maximum atomic E-state index is 14.0. The molecule has 0 N–H and O–H groups in total. The van der Waals surface area contributed by atoms with Gasteiger partial charge in [-0.3, -0.25) is 4.79 Å². The third-order valence-corrected chi connectivity index (χ3v) is 2.98. The number of carbonyl (C=O) groups excluding carboxylic acids is 1. The summed E-state index contributed by atoms with van der Waals surface area (Å²) in [5.41, 5.74) is 1.74. The summed E-state index contributed by atoms with van der Waals surface area (Å²) in [7, 11) is 3.52. The molecule has 1 amide bonds. The molecule has 4 heteroatoms. The van der Waals surface area contributed by atoms with E-state index in [-0.39, 0.29) is 5.56 Å². The van der Waals surface area contributed by atoms with E-state index in [9.17, 15) is 9.18 Å². The number of carbonyl (C=O) groups is 1. The highest BCUT2D eigenvalue weighted by molar-refractivity contribution is 6.00. The van der Waals surface area contributed by atoms with Gasteiger partial charge in [0.25, 0.3) is 5.91 Å². The van der Waals surface area contributed by atoms with Crippen molar-refractivity contribution in [3.05, 3.63) is 34.6 Å². The molecule has 0 saturated heterocycles. The summed E-state index contributed by atoms with van der Waals surface area (Å²) in [6.07, 6.45) is 3.62. The van der Waals surface area contributed by atoms with E-state index in [1.54, 1.807) is 25.9 Å². The Morgan fingerprint density at radius 3 is 2.61 bits per heavy atom. The van der Waals surface area contributed by atoms with E-state index < -0.39 is 11.7 Å². The summed E-state index contributed by atoms with van der Waals surface area (Å²) in [6, 6.07) is 3.38. The Morgan fingerprint density at radius 1 is 1.44 bits per heavy atom. The Hall–Kier alpha value is -1.71. The molecule has 1 aliphatic carbocycles. The highest BCUT2D eigenvalue weighted by atomic mass is 19.1. The highest BCUT2D eigenvalue weighted by Gasteiger charge is 2.26. The van der Waals surface area contributed by atoms with Crippen LogP contribution in [-0.4, -0.2) is 31.2 Å². The molecule has 0 bridgehead atoms. The number of halogens is 1. The molecule has 1 aliphatic rings. The molecule has 1 aromatic rings. The maximum Gasteiger partial charge on any atom is 0.281 e. The predicted octanol–water partition coefficient (Wildman–Crippen LogP) is 2.74. The molecule has 96 valence electrons. The Morgan fingerprint density at radius 2 is 2.11 bits per heavy atom. The van der Waals surface area contributed by atoms with Crippen LogP contribution in [0.4, 0.5) is 4.39 Å². The quantitative estimate of drug-likeness (QED) is 0.608. The van der Waals surface area contributed by atoms with Crippen molar-refractivity contribution in [1.82, 2.24) is 4.90 Å². The van der Waals surface area contributed by atoms with Gasteiger partial charge in [-0.1, -0.05) is 6.07 Å². The lowest BCUT2D eigenvalue weighted by molar-refractivity contribution is 0.0998. The Kier molecular flexibility index (Phi) is 3.45. The number of hydrogen-bond acceptors (Lipinski definition) is 1. The zero-order valence-electron chi connectivity index (χ0n) is 10.9. The number of rotatable bonds is 3. The van der Waals surface area contributed by atoms with E-state index in [1.165, 1.54) is 12.4 Å². The summed E-state index contributed by atoms with van der Waals surface area (Å²) in [4.78, 5) is 17.2. The molecular weight excluding hydrogens is 231 g/mol. The zero-order chi connectivity index (χ0) is 13.3. The van der Waals surface area contributed by atoms with E-state index in [4.69, 9.17) is 0 Å². The van der Waals surface area contributed by atoms with Crippen molar-refractivity contribution >= 4 is 12.2 Å². The van der Waals surface area contributed by atoms with Crippen molar-refractivity contribution in [3.63, 3.8) is 0 Å². The molecule has 0 heterocycles. The lowest BCUT2D eigenvalue weighted by atomic mass is 10.0. The van der Waals surface area contributed by atoms with Crippen LogP contribution in [-0.2, 0) is 0 Å². The van der Waals surface area contributed by atoms with Crippen molar-refractivity contribution in [2.24, 2.45) is 4.99 Å². The van der Waals surface area contributed by atoms with Gasteiger partial charge in [0.1, 0.15) is 5.82 Å². The summed E-state index contributed by atoms with van der Waals surface area (Å²) in [5, 5.41) is 0. The van der Waals surface area contributed by atoms with Gasteiger partial charge in [-0.05, 0) is 42.9 Å². The number of nitrogens with zero attached hydrogens (tertiary/aromatic N) is 2. The van der Waals surface area contributed by atoms with Gasteiger partial charge in [-0.2, -0.15) is 4.99 Å². The van der Waals surface area contributed by atoms with Crippen molar-refractivity contribution < 1.29 is 9.18 Å². The molecular formula is C14H17FN2O. The van der Waals surface area contributed by atoms with Gasteiger partial charge in [0.05, 0.1) is 11.9 Å². The Balaban J connectivity index is 2.30. The van der Waals surface area contributed by atoms with Gasteiger partial charge < -0.3 is 4.90 Å². The number of aryl methyl sites for hydroxylation is 1. The van der Waals surface area contributed by atoms with E-state index in [0.29, 0.717) is 11.5 Å². The molecule has 1 fully saturated rings. The average molecular weight is 248 g/mol. The van der Waals surface area contributed by atoms with Crippen LogP contribution in [0.1, 0.15) is 40.2 Å². The van der Waals surface area contributed by atoms with Gasteiger partial charge in [-0.25, -0.2) is 4.39 Å². The minimum Gasteiger partial charge on any atom is -0.369 e. The first kappa shape index (κ1) is 12.7. The normalized spacial score (nSPS) is 15.1. The average Bonchev–Trinajstić information content (AvgIpc) is 3.08. The lowest BCUT2D eigenvalue weighted by Gasteiger charge is -2.07.